The van der Waals surface area contributed by atoms with Crippen molar-refractivity contribution in [1.29, 1.82) is 0 Å². The van der Waals surface area contributed by atoms with E-state index in [0.717, 1.165) is 0 Å². The fourth-order valence-corrected chi connectivity index (χ4v) is 1.91. The van der Waals surface area contributed by atoms with Crippen molar-refractivity contribution >= 4 is 17.6 Å². The van der Waals surface area contributed by atoms with Gasteiger partial charge in [0, 0.05) is 0 Å². The van der Waals surface area contributed by atoms with Gasteiger partial charge in [-0.2, -0.15) is 0 Å². The van der Waals surface area contributed by atoms with Crippen molar-refractivity contribution in [1.82, 2.24) is 0 Å². The molecule has 94 valence electrons. The number of hydrogen-bond acceptors (Lipinski definition) is 5. The third-order valence-electron chi connectivity index (χ3n) is 2.73. The summed E-state index contributed by atoms with van der Waals surface area (Å²) >= 11 is 0. The molecule has 0 saturated carbocycles. The lowest BCUT2D eigenvalue weighted by Crippen LogP contribution is -2.18. The molecule has 0 heterocycles. The van der Waals surface area contributed by atoms with Crippen molar-refractivity contribution in [3.8, 4) is 17.2 Å². The van der Waals surface area contributed by atoms with E-state index in [0.29, 0.717) is 17.1 Å². The molecule has 0 atom stereocenters. The lowest BCUT2D eigenvalue weighted by atomic mass is 9.93. The van der Waals surface area contributed by atoms with Gasteiger partial charge in [0.2, 0.25) is 17.3 Å². The van der Waals surface area contributed by atoms with Crippen LogP contribution in [0.1, 0.15) is 15.9 Å². The minimum Gasteiger partial charge on any atom is -0.493 e. The number of rotatable bonds is 3. The van der Waals surface area contributed by atoms with Crippen molar-refractivity contribution in [2.24, 2.45) is 0 Å². The summed E-state index contributed by atoms with van der Waals surface area (Å²) in [5, 5.41) is 0. The van der Waals surface area contributed by atoms with Gasteiger partial charge in [-0.3, -0.25) is 9.59 Å². The van der Waals surface area contributed by atoms with Gasteiger partial charge < -0.3 is 14.2 Å². The number of allylic oxidation sites excluding steroid dienone is 1. The Balaban J connectivity index is 2.79. The highest BCUT2D eigenvalue weighted by molar-refractivity contribution is 6.50. The van der Waals surface area contributed by atoms with E-state index in [1.54, 1.807) is 12.1 Å². The normalized spacial score (nSPS) is 13.3. The number of Topliss-reactive ketones (excluding diaryl/α,β-unsaturated/α-hetero) is 1. The molecule has 1 aromatic carbocycles. The number of carbonyl (C=O) groups is 2. The largest absolute Gasteiger partial charge is 0.493 e. The lowest BCUT2D eigenvalue weighted by molar-refractivity contribution is -0.110. The van der Waals surface area contributed by atoms with E-state index >= 15 is 0 Å². The van der Waals surface area contributed by atoms with E-state index in [1.807, 2.05) is 0 Å². The Morgan fingerprint density at radius 3 is 2.11 bits per heavy atom. The zero-order chi connectivity index (χ0) is 13.3. The number of methoxy groups -OCH3 is 3. The van der Waals surface area contributed by atoms with E-state index in [4.69, 9.17) is 14.2 Å². The lowest BCUT2D eigenvalue weighted by Gasteiger charge is -2.18. The van der Waals surface area contributed by atoms with Gasteiger partial charge in [-0.05, 0) is 23.8 Å². The summed E-state index contributed by atoms with van der Waals surface area (Å²) in [6, 6.07) is 1.64. The molecule has 0 amide bonds. The van der Waals surface area contributed by atoms with Crippen LogP contribution in [0.2, 0.25) is 0 Å². The maximum Gasteiger partial charge on any atom is 0.237 e. The van der Waals surface area contributed by atoms with Crippen LogP contribution in [-0.2, 0) is 4.79 Å². The molecule has 0 fully saturated rings. The molecule has 5 heteroatoms. The molecular weight excluding hydrogens is 236 g/mol. The Hall–Kier alpha value is -2.30. The molecule has 1 aliphatic rings. The molecule has 5 nitrogen and oxygen atoms in total. The minimum atomic E-state index is -0.606. The predicted molar refractivity (Wildman–Crippen MR) is 64.5 cm³/mol. The molecule has 0 spiro atoms. The van der Waals surface area contributed by atoms with Crippen molar-refractivity contribution < 1.29 is 23.8 Å². The zero-order valence-corrected chi connectivity index (χ0v) is 10.3. The number of fused-ring (bicyclic) bond motifs is 1. The summed E-state index contributed by atoms with van der Waals surface area (Å²) in [6.07, 6.45) is 2.79. The van der Waals surface area contributed by atoms with Crippen LogP contribution in [-0.4, -0.2) is 32.9 Å². The van der Waals surface area contributed by atoms with Crippen LogP contribution in [0.15, 0.2) is 12.1 Å². The highest BCUT2D eigenvalue weighted by Gasteiger charge is 2.29. The van der Waals surface area contributed by atoms with Crippen molar-refractivity contribution in [2.45, 2.75) is 0 Å². The molecule has 1 aliphatic carbocycles. The third kappa shape index (κ3) is 1.64. The summed E-state index contributed by atoms with van der Waals surface area (Å²) in [7, 11) is 4.34. The Morgan fingerprint density at radius 1 is 0.889 bits per heavy atom. The number of carbonyl (C=O) groups excluding carboxylic acids is 2. The minimum absolute atomic E-state index is 0.211. The van der Waals surface area contributed by atoms with Gasteiger partial charge in [0.05, 0.1) is 26.9 Å². The summed E-state index contributed by atoms with van der Waals surface area (Å²) in [5.41, 5.74) is 0.789. The Bertz CT molecular complexity index is 557. The first-order valence-electron chi connectivity index (χ1n) is 5.23. The molecule has 2 rings (SSSR count). The summed E-state index contributed by atoms with van der Waals surface area (Å²) in [6.45, 7) is 0. The number of ether oxygens (including phenoxy) is 3. The van der Waals surface area contributed by atoms with Crippen LogP contribution in [0.4, 0.5) is 0 Å². The quantitative estimate of drug-likeness (QED) is 0.758. The maximum absolute atomic E-state index is 11.9. The first-order valence-corrected chi connectivity index (χ1v) is 5.23. The summed E-state index contributed by atoms with van der Waals surface area (Å²) in [5.74, 6) is -0.219. The van der Waals surface area contributed by atoms with Gasteiger partial charge in [-0.15, -0.1) is 0 Å². The molecule has 18 heavy (non-hydrogen) atoms. The molecular formula is C13H12O5. The third-order valence-corrected chi connectivity index (χ3v) is 2.73. The van der Waals surface area contributed by atoms with Crippen LogP contribution >= 0.6 is 0 Å². The van der Waals surface area contributed by atoms with Gasteiger partial charge in [-0.25, -0.2) is 0 Å². The average molecular weight is 248 g/mol. The van der Waals surface area contributed by atoms with Gasteiger partial charge in [0.15, 0.2) is 11.5 Å². The van der Waals surface area contributed by atoms with Crippen molar-refractivity contribution in [3.05, 3.63) is 23.3 Å². The molecule has 0 saturated heterocycles. The zero-order valence-electron chi connectivity index (χ0n) is 10.3. The Kier molecular flexibility index (Phi) is 3.06. The van der Waals surface area contributed by atoms with Crippen molar-refractivity contribution in [3.63, 3.8) is 0 Å². The van der Waals surface area contributed by atoms with Gasteiger partial charge in [-0.1, -0.05) is 0 Å². The van der Waals surface area contributed by atoms with Gasteiger partial charge in [0.25, 0.3) is 0 Å². The van der Waals surface area contributed by atoms with E-state index < -0.39 is 11.6 Å². The smallest absolute Gasteiger partial charge is 0.237 e. The van der Waals surface area contributed by atoms with Crippen LogP contribution < -0.4 is 14.2 Å². The van der Waals surface area contributed by atoms with E-state index in [-0.39, 0.29) is 11.3 Å². The van der Waals surface area contributed by atoms with E-state index in [9.17, 15) is 9.59 Å². The SMILES string of the molecule is COc1cc2c(c(OC)c1OC)C(=O)C(=O)C=C2. The highest BCUT2D eigenvalue weighted by atomic mass is 16.5. The van der Waals surface area contributed by atoms with Gasteiger partial charge >= 0.3 is 0 Å². The first kappa shape index (κ1) is 12.2. The van der Waals surface area contributed by atoms with Crippen LogP contribution in [0.25, 0.3) is 6.08 Å². The predicted octanol–water partition coefficient (Wildman–Crippen LogP) is 1.49. The summed E-state index contributed by atoms with van der Waals surface area (Å²) in [4.78, 5) is 23.3. The Labute approximate surface area is 104 Å². The second kappa shape index (κ2) is 4.52. The standard InChI is InChI=1S/C13H12O5/c1-16-9-6-7-4-5-8(14)11(15)10(7)13(18-3)12(9)17-2/h4-6H,1-3H3. The molecule has 0 unspecified atom stereocenters. The molecule has 0 bridgehead atoms. The fourth-order valence-electron chi connectivity index (χ4n) is 1.91. The molecule has 0 aromatic heterocycles. The molecule has 1 aromatic rings. The van der Waals surface area contributed by atoms with Crippen LogP contribution in [0, 0.1) is 0 Å². The highest BCUT2D eigenvalue weighted by Crippen LogP contribution is 2.43. The van der Waals surface area contributed by atoms with Crippen molar-refractivity contribution in [2.75, 3.05) is 21.3 Å². The second-order valence-electron chi connectivity index (χ2n) is 3.64. The Morgan fingerprint density at radius 2 is 1.56 bits per heavy atom. The van der Waals surface area contributed by atoms with Crippen LogP contribution in [0.3, 0.4) is 0 Å². The number of ketones is 2. The molecule has 0 aliphatic heterocycles. The fraction of sp³-hybridized carbons (Fsp3) is 0.231. The first-order chi connectivity index (χ1) is 8.63. The van der Waals surface area contributed by atoms with Gasteiger partial charge in [0.1, 0.15) is 0 Å². The second-order valence-corrected chi connectivity index (χ2v) is 3.64. The number of hydrogen-bond donors (Lipinski definition) is 0. The van der Waals surface area contributed by atoms with E-state index in [2.05, 4.69) is 0 Å². The monoisotopic (exact) mass is 248 g/mol. The summed E-state index contributed by atoms with van der Waals surface area (Å²) < 4.78 is 15.5. The molecule has 0 radical (unpaired) electrons. The maximum atomic E-state index is 11.9. The topological polar surface area (TPSA) is 61.8 Å². The number of benzene rings is 1. The average Bonchev–Trinajstić information content (AvgIpc) is 2.40. The van der Waals surface area contributed by atoms with Crippen LogP contribution in [0.5, 0.6) is 17.2 Å². The molecule has 0 N–H and O–H groups in total. The van der Waals surface area contributed by atoms with E-state index in [1.165, 1.54) is 27.4 Å².